The number of pyridine rings is 1. The van der Waals surface area contributed by atoms with E-state index < -0.39 is 11.6 Å². The summed E-state index contributed by atoms with van der Waals surface area (Å²) in [5.41, 5.74) is 6.34. The van der Waals surface area contributed by atoms with Crippen LogP contribution in [0.1, 0.15) is 0 Å². The van der Waals surface area contributed by atoms with Crippen LogP contribution in [0.2, 0.25) is 0 Å². The van der Waals surface area contributed by atoms with Gasteiger partial charge in [0.05, 0.1) is 5.69 Å². The van der Waals surface area contributed by atoms with E-state index in [-0.39, 0.29) is 11.5 Å². The first-order chi connectivity index (χ1) is 9.65. The zero-order valence-electron chi connectivity index (χ0n) is 10.3. The predicted molar refractivity (Wildman–Crippen MR) is 72.6 cm³/mol. The topological polar surface area (TPSA) is 48.1 Å². The van der Waals surface area contributed by atoms with E-state index in [9.17, 15) is 8.78 Å². The van der Waals surface area contributed by atoms with Crippen molar-refractivity contribution in [3.8, 4) is 11.5 Å². The van der Waals surface area contributed by atoms with Gasteiger partial charge in [0.25, 0.3) is 0 Å². The van der Waals surface area contributed by atoms with Crippen LogP contribution in [0, 0.1) is 11.6 Å². The second-order valence-electron chi connectivity index (χ2n) is 4.25. The Labute approximate surface area is 113 Å². The fourth-order valence-corrected chi connectivity index (χ4v) is 1.94. The van der Waals surface area contributed by atoms with Gasteiger partial charge in [0, 0.05) is 29.2 Å². The van der Waals surface area contributed by atoms with Gasteiger partial charge in [-0.3, -0.25) is 4.98 Å². The van der Waals surface area contributed by atoms with E-state index in [1.54, 1.807) is 30.6 Å². The lowest BCUT2D eigenvalue weighted by atomic mass is 10.1. The van der Waals surface area contributed by atoms with Crippen molar-refractivity contribution in [2.24, 2.45) is 0 Å². The van der Waals surface area contributed by atoms with Gasteiger partial charge in [-0.05, 0) is 30.3 Å². The fraction of sp³-hybridized carbons (Fsp3) is 0. The molecule has 1 heterocycles. The molecule has 0 spiro atoms. The first kappa shape index (κ1) is 12.3. The Hall–Kier alpha value is -2.69. The van der Waals surface area contributed by atoms with Crippen LogP contribution in [0.4, 0.5) is 14.5 Å². The second-order valence-corrected chi connectivity index (χ2v) is 4.25. The molecule has 0 bridgehead atoms. The number of aromatic nitrogens is 1. The van der Waals surface area contributed by atoms with Crippen molar-refractivity contribution < 1.29 is 13.5 Å². The number of anilines is 1. The van der Waals surface area contributed by atoms with Crippen molar-refractivity contribution in [1.82, 2.24) is 4.98 Å². The molecule has 0 saturated carbocycles. The summed E-state index contributed by atoms with van der Waals surface area (Å²) < 4.78 is 32.0. The average molecular weight is 272 g/mol. The molecule has 3 aromatic rings. The Morgan fingerprint density at radius 1 is 1.00 bits per heavy atom. The van der Waals surface area contributed by atoms with E-state index in [2.05, 4.69) is 4.98 Å². The molecule has 0 amide bonds. The summed E-state index contributed by atoms with van der Waals surface area (Å²) in [6, 6.07) is 8.10. The van der Waals surface area contributed by atoms with Crippen LogP contribution >= 0.6 is 0 Å². The minimum Gasteiger partial charge on any atom is -0.452 e. The SMILES string of the molecule is Nc1c(Oc2cc(F)ccc2F)ccc2cnccc12. The molecule has 0 radical (unpaired) electrons. The molecule has 2 aromatic carbocycles. The Bertz CT molecular complexity index is 790. The van der Waals surface area contributed by atoms with E-state index in [4.69, 9.17) is 10.5 Å². The zero-order chi connectivity index (χ0) is 14.1. The standard InChI is InChI=1S/C15H10F2N2O/c16-10-2-3-12(17)14(7-10)20-13-4-1-9-8-19-6-5-11(9)15(13)18/h1-8H,18H2. The number of hydrogen-bond donors (Lipinski definition) is 1. The number of nitrogen functional groups attached to an aromatic ring is 1. The van der Waals surface area contributed by atoms with Gasteiger partial charge < -0.3 is 10.5 Å². The van der Waals surface area contributed by atoms with Crippen molar-refractivity contribution >= 4 is 16.5 Å². The molecule has 0 aliphatic rings. The highest BCUT2D eigenvalue weighted by Crippen LogP contribution is 2.34. The van der Waals surface area contributed by atoms with Gasteiger partial charge in [0.15, 0.2) is 17.3 Å². The van der Waals surface area contributed by atoms with Gasteiger partial charge in [-0.15, -0.1) is 0 Å². The van der Waals surface area contributed by atoms with Crippen molar-refractivity contribution in [1.29, 1.82) is 0 Å². The molecule has 0 atom stereocenters. The highest BCUT2D eigenvalue weighted by Gasteiger charge is 2.10. The third-order valence-electron chi connectivity index (χ3n) is 2.93. The third-order valence-corrected chi connectivity index (χ3v) is 2.93. The highest BCUT2D eigenvalue weighted by atomic mass is 19.1. The van der Waals surface area contributed by atoms with E-state index in [0.29, 0.717) is 5.69 Å². The first-order valence-corrected chi connectivity index (χ1v) is 5.90. The van der Waals surface area contributed by atoms with E-state index >= 15 is 0 Å². The number of halogens is 2. The minimum atomic E-state index is -0.652. The van der Waals surface area contributed by atoms with Crippen LogP contribution in [0.25, 0.3) is 10.8 Å². The molecule has 0 aliphatic carbocycles. The average Bonchev–Trinajstić information content (AvgIpc) is 2.46. The first-order valence-electron chi connectivity index (χ1n) is 5.90. The summed E-state index contributed by atoms with van der Waals surface area (Å²) in [4.78, 5) is 3.99. The van der Waals surface area contributed by atoms with Crippen molar-refractivity contribution in [3.63, 3.8) is 0 Å². The molecular formula is C15H10F2N2O. The van der Waals surface area contributed by atoms with Gasteiger partial charge in [-0.25, -0.2) is 8.78 Å². The van der Waals surface area contributed by atoms with Crippen molar-refractivity contribution in [3.05, 3.63) is 60.4 Å². The number of benzene rings is 2. The van der Waals surface area contributed by atoms with Crippen LogP contribution in [-0.2, 0) is 0 Å². The van der Waals surface area contributed by atoms with Crippen molar-refractivity contribution in [2.45, 2.75) is 0 Å². The zero-order valence-corrected chi connectivity index (χ0v) is 10.3. The summed E-state index contributed by atoms with van der Waals surface area (Å²) in [7, 11) is 0. The maximum Gasteiger partial charge on any atom is 0.166 e. The molecule has 0 saturated heterocycles. The smallest absolute Gasteiger partial charge is 0.166 e. The Morgan fingerprint density at radius 2 is 1.85 bits per heavy atom. The lowest BCUT2D eigenvalue weighted by Crippen LogP contribution is -1.95. The Kier molecular flexibility index (Phi) is 2.95. The molecule has 100 valence electrons. The minimum absolute atomic E-state index is 0.204. The van der Waals surface area contributed by atoms with Crippen LogP contribution in [0.3, 0.4) is 0 Å². The van der Waals surface area contributed by atoms with Crippen molar-refractivity contribution in [2.75, 3.05) is 5.73 Å². The van der Waals surface area contributed by atoms with Crippen LogP contribution < -0.4 is 10.5 Å². The second kappa shape index (κ2) is 4.77. The van der Waals surface area contributed by atoms with Gasteiger partial charge in [-0.1, -0.05) is 0 Å². The van der Waals surface area contributed by atoms with Gasteiger partial charge >= 0.3 is 0 Å². The van der Waals surface area contributed by atoms with Crippen LogP contribution in [0.15, 0.2) is 48.8 Å². The monoisotopic (exact) mass is 272 g/mol. The summed E-state index contributed by atoms with van der Waals surface area (Å²) in [6.07, 6.45) is 3.27. The lowest BCUT2D eigenvalue weighted by Gasteiger charge is -2.11. The Morgan fingerprint density at radius 3 is 2.70 bits per heavy atom. The summed E-state index contributed by atoms with van der Waals surface area (Å²) in [6.45, 7) is 0. The number of nitrogens with two attached hydrogens (primary N) is 1. The molecule has 3 nitrogen and oxygen atoms in total. The number of fused-ring (bicyclic) bond motifs is 1. The van der Waals surface area contributed by atoms with E-state index in [1.165, 1.54) is 0 Å². The van der Waals surface area contributed by atoms with Crippen LogP contribution in [0.5, 0.6) is 11.5 Å². The Balaban J connectivity index is 2.07. The largest absolute Gasteiger partial charge is 0.452 e. The molecule has 0 fully saturated rings. The van der Waals surface area contributed by atoms with Gasteiger partial charge in [0.2, 0.25) is 0 Å². The number of hydrogen-bond acceptors (Lipinski definition) is 3. The molecular weight excluding hydrogens is 262 g/mol. The molecule has 3 rings (SSSR count). The molecule has 2 N–H and O–H groups in total. The maximum atomic E-state index is 13.6. The van der Waals surface area contributed by atoms with E-state index in [0.717, 1.165) is 29.0 Å². The number of rotatable bonds is 2. The van der Waals surface area contributed by atoms with Gasteiger partial charge in [0.1, 0.15) is 5.82 Å². The van der Waals surface area contributed by atoms with E-state index in [1.807, 2.05) is 0 Å². The van der Waals surface area contributed by atoms with Crippen LogP contribution in [-0.4, -0.2) is 4.98 Å². The summed E-state index contributed by atoms with van der Waals surface area (Å²) >= 11 is 0. The normalized spacial score (nSPS) is 10.7. The lowest BCUT2D eigenvalue weighted by molar-refractivity contribution is 0.438. The summed E-state index contributed by atoms with van der Waals surface area (Å²) in [5.74, 6) is -1.16. The molecule has 1 aromatic heterocycles. The quantitative estimate of drug-likeness (QED) is 0.720. The highest BCUT2D eigenvalue weighted by molar-refractivity contribution is 5.95. The molecule has 5 heteroatoms. The number of nitrogens with zero attached hydrogens (tertiary/aromatic N) is 1. The predicted octanol–water partition coefficient (Wildman–Crippen LogP) is 3.89. The fourth-order valence-electron chi connectivity index (χ4n) is 1.94. The maximum absolute atomic E-state index is 13.6. The summed E-state index contributed by atoms with van der Waals surface area (Å²) in [5, 5.41) is 1.59. The molecule has 0 unspecified atom stereocenters. The van der Waals surface area contributed by atoms with Gasteiger partial charge in [-0.2, -0.15) is 0 Å². The number of ether oxygens (including phenoxy) is 1. The molecule has 20 heavy (non-hydrogen) atoms. The molecule has 0 aliphatic heterocycles. The third kappa shape index (κ3) is 2.14.